The number of benzene rings is 1. The van der Waals surface area contributed by atoms with Crippen LogP contribution < -0.4 is 0 Å². The number of Topliss-reactive ketones (excluding diaryl/α,β-unsaturated/α-hetero) is 1. The molecule has 0 amide bonds. The zero-order chi connectivity index (χ0) is 11.6. The molecule has 5 heteroatoms. The number of carbonyl (C=O) groups excluding carboxylic acids is 1. The smallest absolute Gasteiger partial charge is 0.340 e. The normalized spacial score (nSPS) is 12.1. The van der Waals surface area contributed by atoms with E-state index in [-0.39, 0.29) is 16.9 Å². The Kier molecular flexibility index (Phi) is 3.47. The maximum absolute atomic E-state index is 11.6. The average Bonchev–Trinajstić information content (AvgIpc) is 2.15. The molecule has 0 saturated carbocycles. The van der Waals surface area contributed by atoms with Crippen LogP contribution in [-0.4, -0.2) is 26.8 Å². The molecular formula is C10H9BrO4. The highest BCUT2D eigenvalue weighted by molar-refractivity contribution is 9.10. The lowest BCUT2D eigenvalue weighted by Gasteiger charge is -2.07. The van der Waals surface area contributed by atoms with Gasteiger partial charge in [-0.15, -0.1) is 0 Å². The second kappa shape index (κ2) is 4.44. The van der Waals surface area contributed by atoms with Crippen LogP contribution in [0.5, 0.6) is 5.75 Å². The monoisotopic (exact) mass is 272 g/mol. The molecule has 0 aliphatic heterocycles. The summed E-state index contributed by atoms with van der Waals surface area (Å²) in [6, 6.07) is 4.05. The van der Waals surface area contributed by atoms with Crippen LogP contribution in [-0.2, 0) is 0 Å². The summed E-state index contributed by atoms with van der Waals surface area (Å²) in [7, 11) is 0. The van der Waals surface area contributed by atoms with Crippen LogP contribution in [0.1, 0.15) is 27.6 Å². The van der Waals surface area contributed by atoms with Crippen LogP contribution in [0.2, 0.25) is 0 Å². The molecular weight excluding hydrogens is 264 g/mol. The van der Waals surface area contributed by atoms with Crippen molar-refractivity contribution in [2.45, 2.75) is 11.8 Å². The van der Waals surface area contributed by atoms with E-state index in [0.717, 1.165) is 0 Å². The Hall–Kier alpha value is -1.36. The molecule has 1 atom stereocenters. The fourth-order valence-electron chi connectivity index (χ4n) is 1.18. The molecule has 0 radical (unpaired) electrons. The average molecular weight is 273 g/mol. The lowest BCUT2D eigenvalue weighted by Crippen LogP contribution is -2.15. The van der Waals surface area contributed by atoms with Gasteiger partial charge in [0.2, 0.25) is 0 Å². The first-order chi connectivity index (χ1) is 6.95. The molecule has 0 aliphatic rings. The highest BCUT2D eigenvalue weighted by Gasteiger charge is 2.22. The molecule has 0 bridgehead atoms. The lowest BCUT2D eigenvalue weighted by molar-refractivity contribution is 0.0688. The summed E-state index contributed by atoms with van der Waals surface area (Å²) in [4.78, 5) is 22.0. The minimum atomic E-state index is -1.32. The highest BCUT2D eigenvalue weighted by Crippen LogP contribution is 2.23. The second-order valence-electron chi connectivity index (χ2n) is 2.99. The molecule has 1 aromatic carbocycles. The Labute approximate surface area is 94.7 Å². The Balaban J connectivity index is 3.35. The van der Waals surface area contributed by atoms with Gasteiger partial charge >= 0.3 is 5.97 Å². The molecule has 15 heavy (non-hydrogen) atoms. The molecule has 80 valence electrons. The molecule has 0 aromatic heterocycles. The SMILES string of the molecule is CC(Br)C(=O)c1cccc(O)c1C(=O)O. The summed E-state index contributed by atoms with van der Waals surface area (Å²) >= 11 is 3.06. The minimum Gasteiger partial charge on any atom is -0.507 e. The zero-order valence-electron chi connectivity index (χ0n) is 7.90. The van der Waals surface area contributed by atoms with Gasteiger partial charge in [0.15, 0.2) is 5.78 Å². The Morgan fingerprint density at radius 3 is 2.47 bits per heavy atom. The van der Waals surface area contributed by atoms with E-state index in [0.29, 0.717) is 0 Å². The van der Waals surface area contributed by atoms with E-state index >= 15 is 0 Å². The van der Waals surface area contributed by atoms with Gasteiger partial charge in [-0.05, 0) is 13.0 Å². The minimum absolute atomic E-state index is 0.00637. The number of carboxylic acids is 1. The van der Waals surface area contributed by atoms with E-state index in [9.17, 15) is 14.7 Å². The molecule has 1 aromatic rings. The van der Waals surface area contributed by atoms with Crippen molar-refractivity contribution in [2.75, 3.05) is 0 Å². The van der Waals surface area contributed by atoms with E-state index in [1.165, 1.54) is 18.2 Å². The summed E-state index contributed by atoms with van der Waals surface area (Å²) < 4.78 is 0. The van der Waals surface area contributed by atoms with Crippen molar-refractivity contribution in [3.05, 3.63) is 29.3 Å². The van der Waals surface area contributed by atoms with Gasteiger partial charge in [-0.2, -0.15) is 0 Å². The van der Waals surface area contributed by atoms with Crippen molar-refractivity contribution in [2.24, 2.45) is 0 Å². The quantitative estimate of drug-likeness (QED) is 0.653. The topological polar surface area (TPSA) is 74.6 Å². The Bertz CT molecular complexity index is 412. The van der Waals surface area contributed by atoms with Crippen molar-refractivity contribution in [1.82, 2.24) is 0 Å². The number of aromatic hydroxyl groups is 1. The Morgan fingerprint density at radius 2 is 2.00 bits per heavy atom. The van der Waals surface area contributed by atoms with Crippen molar-refractivity contribution in [3.8, 4) is 5.75 Å². The van der Waals surface area contributed by atoms with Crippen LogP contribution in [0.4, 0.5) is 0 Å². The lowest BCUT2D eigenvalue weighted by atomic mass is 10.0. The number of alkyl halides is 1. The van der Waals surface area contributed by atoms with Crippen molar-refractivity contribution in [1.29, 1.82) is 0 Å². The predicted molar refractivity (Wildman–Crippen MR) is 57.8 cm³/mol. The molecule has 1 unspecified atom stereocenters. The molecule has 1 rings (SSSR count). The van der Waals surface area contributed by atoms with E-state index in [2.05, 4.69) is 15.9 Å². The summed E-state index contributed by atoms with van der Waals surface area (Å²) in [5.74, 6) is -2.09. The van der Waals surface area contributed by atoms with Gasteiger partial charge in [-0.3, -0.25) is 4.79 Å². The molecule has 0 aliphatic carbocycles. The van der Waals surface area contributed by atoms with Crippen LogP contribution in [0, 0.1) is 0 Å². The molecule has 0 saturated heterocycles. The first kappa shape index (κ1) is 11.7. The standard InChI is InChI=1S/C10H9BrO4/c1-5(11)9(13)6-3-2-4-7(12)8(6)10(14)15/h2-5,12H,1H3,(H,14,15). The van der Waals surface area contributed by atoms with E-state index in [1.807, 2.05) is 0 Å². The third-order valence-electron chi connectivity index (χ3n) is 1.88. The molecule has 0 heterocycles. The van der Waals surface area contributed by atoms with Gasteiger partial charge in [0.05, 0.1) is 4.83 Å². The molecule has 2 N–H and O–H groups in total. The molecule has 0 spiro atoms. The van der Waals surface area contributed by atoms with Crippen molar-refractivity contribution < 1.29 is 19.8 Å². The van der Waals surface area contributed by atoms with Crippen LogP contribution >= 0.6 is 15.9 Å². The Morgan fingerprint density at radius 1 is 1.40 bits per heavy atom. The third kappa shape index (κ3) is 2.36. The van der Waals surface area contributed by atoms with Gasteiger partial charge in [0, 0.05) is 5.56 Å². The van der Waals surface area contributed by atoms with Crippen LogP contribution in [0.25, 0.3) is 0 Å². The van der Waals surface area contributed by atoms with Crippen molar-refractivity contribution in [3.63, 3.8) is 0 Å². The van der Waals surface area contributed by atoms with Crippen molar-refractivity contribution >= 4 is 27.7 Å². The molecule has 4 nitrogen and oxygen atoms in total. The maximum atomic E-state index is 11.6. The second-order valence-corrected chi connectivity index (χ2v) is 4.36. The number of halogens is 1. The summed E-state index contributed by atoms with van der Waals surface area (Å²) in [5, 5.41) is 18.2. The largest absolute Gasteiger partial charge is 0.507 e. The number of phenols is 1. The number of carbonyl (C=O) groups is 2. The predicted octanol–water partition coefficient (Wildman–Crippen LogP) is 2.06. The van der Waals surface area contributed by atoms with Gasteiger partial charge in [0.25, 0.3) is 0 Å². The third-order valence-corrected chi connectivity index (χ3v) is 2.30. The van der Waals surface area contributed by atoms with Gasteiger partial charge in [-0.25, -0.2) is 4.79 Å². The van der Waals surface area contributed by atoms with Crippen LogP contribution in [0.15, 0.2) is 18.2 Å². The van der Waals surface area contributed by atoms with E-state index in [4.69, 9.17) is 5.11 Å². The molecule has 0 fully saturated rings. The van der Waals surface area contributed by atoms with Gasteiger partial charge in [0.1, 0.15) is 11.3 Å². The first-order valence-corrected chi connectivity index (χ1v) is 5.10. The highest BCUT2D eigenvalue weighted by atomic mass is 79.9. The van der Waals surface area contributed by atoms with Gasteiger partial charge < -0.3 is 10.2 Å². The number of hydrogen-bond donors (Lipinski definition) is 2. The fourth-order valence-corrected chi connectivity index (χ4v) is 1.43. The first-order valence-electron chi connectivity index (χ1n) is 4.18. The maximum Gasteiger partial charge on any atom is 0.340 e. The van der Waals surface area contributed by atoms with Gasteiger partial charge in [-0.1, -0.05) is 28.1 Å². The number of carboxylic acid groups (broad SMARTS) is 1. The fraction of sp³-hybridized carbons (Fsp3) is 0.200. The summed E-state index contributed by atoms with van der Waals surface area (Å²) in [6.07, 6.45) is 0. The van der Waals surface area contributed by atoms with E-state index in [1.54, 1.807) is 6.92 Å². The summed E-state index contributed by atoms with van der Waals surface area (Å²) in [6.45, 7) is 1.60. The van der Waals surface area contributed by atoms with Crippen LogP contribution in [0.3, 0.4) is 0 Å². The zero-order valence-corrected chi connectivity index (χ0v) is 9.48. The number of rotatable bonds is 3. The number of ketones is 1. The number of aromatic carboxylic acids is 1. The van der Waals surface area contributed by atoms with E-state index < -0.39 is 16.5 Å². The number of hydrogen-bond acceptors (Lipinski definition) is 3. The summed E-state index contributed by atoms with van der Waals surface area (Å²) in [5.41, 5.74) is -0.347.